The van der Waals surface area contributed by atoms with Gasteiger partial charge < -0.3 is 0 Å². The number of rotatable bonds is 4. The maximum Gasteiger partial charge on any atom is 0.389 e. The smallest absolute Gasteiger partial charge is 0.271 e. The van der Waals surface area contributed by atoms with Crippen LogP contribution in [-0.2, 0) is 0 Å². The first-order chi connectivity index (χ1) is 5.37. The Hall–Kier alpha value is -0.550. The molecule has 3 N–H and O–H groups in total. The maximum absolute atomic E-state index is 11.7. The molecule has 2 nitrogen and oxygen atoms in total. The van der Waals surface area contributed by atoms with Gasteiger partial charge in [-0.3, -0.25) is 11.3 Å². The van der Waals surface area contributed by atoms with E-state index in [0.717, 1.165) is 0 Å². The van der Waals surface area contributed by atoms with E-state index in [0.29, 0.717) is 5.57 Å². The molecule has 0 rings (SSSR count). The largest absolute Gasteiger partial charge is 0.389 e. The third-order valence-corrected chi connectivity index (χ3v) is 1.51. The lowest BCUT2D eigenvalue weighted by Crippen LogP contribution is -2.36. The predicted octanol–water partition coefficient (Wildman–Crippen LogP) is 1.74. The summed E-state index contributed by atoms with van der Waals surface area (Å²) >= 11 is 0. The molecule has 0 aliphatic carbocycles. The number of nitrogens with two attached hydrogens (primary N) is 1. The van der Waals surface area contributed by atoms with Crippen molar-refractivity contribution < 1.29 is 13.2 Å². The fraction of sp³-hybridized carbons (Fsp3) is 0.714. The van der Waals surface area contributed by atoms with Gasteiger partial charge in [-0.2, -0.15) is 13.2 Å². The Bertz CT molecular complexity index is 153. The van der Waals surface area contributed by atoms with Gasteiger partial charge in [0.2, 0.25) is 0 Å². The van der Waals surface area contributed by atoms with Crippen LogP contribution in [-0.4, -0.2) is 12.2 Å². The van der Waals surface area contributed by atoms with Crippen molar-refractivity contribution in [2.75, 3.05) is 0 Å². The summed E-state index contributed by atoms with van der Waals surface area (Å²) in [6, 6.07) is -0.452. The zero-order chi connectivity index (χ0) is 9.78. The zero-order valence-corrected chi connectivity index (χ0v) is 6.91. The minimum Gasteiger partial charge on any atom is -0.271 e. The Kier molecular flexibility index (Phi) is 4.26. The first-order valence-electron chi connectivity index (χ1n) is 3.55. The average Bonchev–Trinajstić information content (AvgIpc) is 1.85. The van der Waals surface area contributed by atoms with Gasteiger partial charge >= 0.3 is 6.18 Å². The van der Waals surface area contributed by atoms with E-state index < -0.39 is 18.6 Å². The van der Waals surface area contributed by atoms with E-state index in [2.05, 4.69) is 12.0 Å². The highest BCUT2D eigenvalue weighted by molar-refractivity contribution is 5.00. The second-order valence-electron chi connectivity index (χ2n) is 2.72. The van der Waals surface area contributed by atoms with Gasteiger partial charge in [-0.1, -0.05) is 12.2 Å². The van der Waals surface area contributed by atoms with E-state index in [1.165, 1.54) is 0 Å². The lowest BCUT2D eigenvalue weighted by Gasteiger charge is -2.16. The highest BCUT2D eigenvalue weighted by Gasteiger charge is 2.28. The minimum absolute atomic E-state index is 0.0602. The molecule has 0 spiro atoms. The molecular formula is C7H13F3N2. The van der Waals surface area contributed by atoms with E-state index in [9.17, 15) is 13.2 Å². The minimum atomic E-state index is -4.12. The molecule has 0 aromatic rings. The number of alkyl halides is 3. The fourth-order valence-electron chi connectivity index (χ4n) is 0.780. The molecule has 0 amide bonds. The molecule has 0 saturated heterocycles. The van der Waals surface area contributed by atoms with Crippen molar-refractivity contribution in [2.24, 2.45) is 5.84 Å². The summed E-state index contributed by atoms with van der Waals surface area (Å²) in [5, 5.41) is 0. The summed E-state index contributed by atoms with van der Waals surface area (Å²) in [5.41, 5.74) is 2.89. The molecule has 0 heterocycles. The molecular weight excluding hydrogens is 169 g/mol. The highest BCUT2D eigenvalue weighted by atomic mass is 19.4. The molecule has 0 aliphatic heterocycles. The topological polar surface area (TPSA) is 38.0 Å². The summed E-state index contributed by atoms with van der Waals surface area (Å²) in [6.07, 6.45) is -5.02. The van der Waals surface area contributed by atoms with Crippen molar-refractivity contribution in [1.82, 2.24) is 5.43 Å². The second-order valence-corrected chi connectivity index (χ2v) is 2.72. The van der Waals surface area contributed by atoms with Gasteiger partial charge in [-0.05, 0) is 13.3 Å². The molecule has 0 radical (unpaired) electrons. The first-order valence-corrected chi connectivity index (χ1v) is 3.55. The molecule has 5 heteroatoms. The quantitative estimate of drug-likeness (QED) is 0.395. The molecule has 0 aliphatic rings. The Balaban J connectivity index is 3.81. The van der Waals surface area contributed by atoms with Gasteiger partial charge in [0.1, 0.15) is 0 Å². The van der Waals surface area contributed by atoms with Crippen LogP contribution in [0.5, 0.6) is 0 Å². The monoisotopic (exact) mass is 182 g/mol. The number of hydrogen-bond acceptors (Lipinski definition) is 2. The van der Waals surface area contributed by atoms with Crippen molar-refractivity contribution in [3.05, 3.63) is 12.2 Å². The lowest BCUT2D eigenvalue weighted by molar-refractivity contribution is -0.136. The van der Waals surface area contributed by atoms with Gasteiger partial charge in [0, 0.05) is 12.5 Å². The van der Waals surface area contributed by atoms with E-state index in [4.69, 9.17) is 5.84 Å². The van der Waals surface area contributed by atoms with Crippen molar-refractivity contribution in [1.29, 1.82) is 0 Å². The Morgan fingerprint density at radius 2 is 2.08 bits per heavy atom. The Labute approximate surface area is 69.6 Å². The van der Waals surface area contributed by atoms with Crippen LogP contribution in [0.2, 0.25) is 0 Å². The van der Waals surface area contributed by atoms with Gasteiger partial charge in [0.05, 0.1) is 0 Å². The van der Waals surface area contributed by atoms with E-state index in [-0.39, 0.29) is 6.42 Å². The van der Waals surface area contributed by atoms with Crippen LogP contribution in [0.1, 0.15) is 19.8 Å². The van der Waals surface area contributed by atoms with Crippen LogP contribution >= 0.6 is 0 Å². The summed E-state index contributed by atoms with van der Waals surface area (Å²) in [4.78, 5) is 0. The van der Waals surface area contributed by atoms with Gasteiger partial charge in [-0.15, -0.1) is 0 Å². The Morgan fingerprint density at radius 1 is 1.58 bits per heavy atom. The number of nitrogens with one attached hydrogen (secondary N) is 1. The zero-order valence-electron chi connectivity index (χ0n) is 6.91. The predicted molar refractivity (Wildman–Crippen MR) is 41.2 cm³/mol. The van der Waals surface area contributed by atoms with Crippen LogP contribution < -0.4 is 11.3 Å². The first kappa shape index (κ1) is 11.4. The summed E-state index contributed by atoms with van der Waals surface area (Å²) in [6.45, 7) is 5.16. The van der Waals surface area contributed by atoms with Crippen molar-refractivity contribution in [2.45, 2.75) is 32.0 Å². The molecule has 0 aromatic carbocycles. The fourth-order valence-corrected chi connectivity index (χ4v) is 0.780. The molecule has 0 bridgehead atoms. The second kappa shape index (κ2) is 4.47. The van der Waals surface area contributed by atoms with Crippen LogP contribution in [0.15, 0.2) is 12.2 Å². The summed E-state index contributed by atoms with van der Waals surface area (Å²) < 4.78 is 35.2. The molecule has 1 atom stereocenters. The summed E-state index contributed by atoms with van der Waals surface area (Å²) in [5.74, 6) is 5.02. The average molecular weight is 182 g/mol. The molecule has 0 saturated carbocycles. The molecule has 12 heavy (non-hydrogen) atoms. The number of halogens is 3. The van der Waals surface area contributed by atoms with Crippen LogP contribution in [0.3, 0.4) is 0 Å². The maximum atomic E-state index is 11.7. The van der Waals surface area contributed by atoms with E-state index >= 15 is 0 Å². The molecule has 0 aromatic heterocycles. The van der Waals surface area contributed by atoms with Gasteiger partial charge in [-0.25, -0.2) is 0 Å². The molecule has 72 valence electrons. The highest BCUT2D eigenvalue weighted by Crippen LogP contribution is 2.23. The van der Waals surface area contributed by atoms with Crippen LogP contribution in [0.4, 0.5) is 13.2 Å². The van der Waals surface area contributed by atoms with Crippen molar-refractivity contribution in [3.8, 4) is 0 Å². The lowest BCUT2D eigenvalue weighted by atomic mass is 10.1. The summed E-state index contributed by atoms with van der Waals surface area (Å²) in [7, 11) is 0. The van der Waals surface area contributed by atoms with Crippen LogP contribution in [0.25, 0.3) is 0 Å². The van der Waals surface area contributed by atoms with Crippen LogP contribution in [0, 0.1) is 0 Å². The number of hydrogen-bond donors (Lipinski definition) is 2. The van der Waals surface area contributed by atoms with Gasteiger partial charge in [0.15, 0.2) is 0 Å². The third kappa shape index (κ3) is 5.15. The Morgan fingerprint density at radius 3 is 2.33 bits per heavy atom. The normalized spacial score (nSPS) is 14.4. The molecule has 1 unspecified atom stereocenters. The molecule has 0 fully saturated rings. The SMILES string of the molecule is C=C(C)C(CCC(F)(F)F)NN. The standard InChI is InChI=1S/C7H13F3N2/c1-5(2)6(12-11)3-4-7(8,9)10/h6,12H,1,3-4,11H2,2H3. The van der Waals surface area contributed by atoms with E-state index in [1.54, 1.807) is 6.92 Å². The van der Waals surface area contributed by atoms with E-state index in [1.807, 2.05) is 0 Å². The van der Waals surface area contributed by atoms with Crippen molar-refractivity contribution >= 4 is 0 Å². The number of hydrazine groups is 1. The third-order valence-electron chi connectivity index (χ3n) is 1.51. The van der Waals surface area contributed by atoms with Crippen molar-refractivity contribution in [3.63, 3.8) is 0 Å². The van der Waals surface area contributed by atoms with Gasteiger partial charge in [0.25, 0.3) is 0 Å².